The summed E-state index contributed by atoms with van der Waals surface area (Å²) in [6.07, 6.45) is -3.77. The van der Waals surface area contributed by atoms with E-state index in [4.69, 9.17) is 5.11 Å². The number of alkyl halides is 3. The predicted octanol–water partition coefficient (Wildman–Crippen LogP) is 5.75. The van der Waals surface area contributed by atoms with Gasteiger partial charge in [0.25, 0.3) is 10.0 Å². The van der Waals surface area contributed by atoms with E-state index in [0.29, 0.717) is 5.56 Å². The van der Waals surface area contributed by atoms with Crippen molar-refractivity contribution in [1.29, 1.82) is 0 Å². The number of aromatic carboxylic acids is 1. The number of carbonyl (C=O) groups is 1. The van der Waals surface area contributed by atoms with Crippen LogP contribution in [0.4, 0.5) is 13.2 Å². The lowest BCUT2D eigenvalue weighted by Crippen LogP contribution is -2.16. The van der Waals surface area contributed by atoms with Crippen LogP contribution in [0.15, 0.2) is 77.7 Å². The van der Waals surface area contributed by atoms with Gasteiger partial charge in [-0.2, -0.15) is 13.2 Å². The van der Waals surface area contributed by atoms with E-state index < -0.39 is 27.7 Å². The summed E-state index contributed by atoms with van der Waals surface area (Å²) in [4.78, 5) is 11.1. The molecule has 0 spiro atoms. The van der Waals surface area contributed by atoms with E-state index in [9.17, 15) is 26.4 Å². The van der Waals surface area contributed by atoms with Gasteiger partial charge in [0.1, 0.15) is 0 Å². The summed E-state index contributed by atoms with van der Waals surface area (Å²) in [6.45, 7) is 1.94. The number of benzene rings is 3. The van der Waals surface area contributed by atoms with E-state index in [-0.39, 0.29) is 33.5 Å². The minimum Gasteiger partial charge on any atom is -0.478 e. The highest BCUT2D eigenvalue weighted by Crippen LogP contribution is 2.34. The molecule has 1 heterocycles. The maximum Gasteiger partial charge on any atom is 0.416 e. The minimum atomic E-state index is -4.57. The first-order valence-corrected chi connectivity index (χ1v) is 11.8. The molecule has 0 unspecified atom stereocenters. The molecule has 4 aromatic rings. The fraction of sp³-hybridized carbons (Fsp3) is 0.160. The molecular formula is C25H20F3NO4S. The average Bonchev–Trinajstić information content (AvgIpc) is 3.16. The lowest BCUT2D eigenvalue weighted by molar-refractivity contribution is -0.137. The Balaban J connectivity index is 1.89. The van der Waals surface area contributed by atoms with Crippen LogP contribution in [-0.4, -0.2) is 23.5 Å². The lowest BCUT2D eigenvalue weighted by atomic mass is 10.1. The van der Waals surface area contributed by atoms with Crippen LogP contribution in [0.2, 0.25) is 0 Å². The van der Waals surface area contributed by atoms with Gasteiger partial charge in [0.15, 0.2) is 0 Å². The molecule has 0 aliphatic heterocycles. The number of fused-ring (bicyclic) bond motifs is 1. The molecule has 0 aliphatic rings. The van der Waals surface area contributed by atoms with Crippen LogP contribution in [0.1, 0.15) is 39.7 Å². The van der Waals surface area contributed by atoms with Crippen molar-refractivity contribution in [1.82, 2.24) is 3.97 Å². The van der Waals surface area contributed by atoms with Gasteiger partial charge in [-0.25, -0.2) is 17.2 Å². The standard InChI is InChI=1S/C25H20F3NO4S/c1-2-16-5-10-22(11-6-16)34(32,33)29-21(13-17-3-7-18(8-4-17)24(30)31)15-19-14-20(25(26,27)28)9-12-23(19)29/h3-12,14-15H,2,13H2,1H3,(H,30,31). The van der Waals surface area contributed by atoms with Gasteiger partial charge in [-0.1, -0.05) is 31.2 Å². The van der Waals surface area contributed by atoms with Crippen molar-refractivity contribution < 1.29 is 31.5 Å². The van der Waals surface area contributed by atoms with Crippen molar-refractivity contribution in [3.05, 3.63) is 101 Å². The largest absolute Gasteiger partial charge is 0.478 e. The summed E-state index contributed by atoms with van der Waals surface area (Å²) < 4.78 is 68.1. The Hall–Kier alpha value is -3.59. The third-order valence-electron chi connectivity index (χ3n) is 5.61. The maximum absolute atomic E-state index is 13.6. The van der Waals surface area contributed by atoms with Gasteiger partial charge in [-0.3, -0.25) is 0 Å². The molecular weight excluding hydrogens is 467 g/mol. The van der Waals surface area contributed by atoms with Gasteiger partial charge in [0, 0.05) is 17.5 Å². The zero-order chi connectivity index (χ0) is 24.7. The number of rotatable bonds is 6. The molecule has 0 aliphatic carbocycles. The van der Waals surface area contributed by atoms with Crippen molar-refractivity contribution in [3.63, 3.8) is 0 Å². The summed E-state index contributed by atoms with van der Waals surface area (Å²) in [5.41, 5.74) is 1.15. The van der Waals surface area contributed by atoms with Crippen molar-refractivity contribution >= 4 is 26.9 Å². The quantitative estimate of drug-likeness (QED) is 0.376. The molecule has 3 aromatic carbocycles. The molecule has 0 saturated carbocycles. The molecule has 5 nitrogen and oxygen atoms in total. The molecule has 0 atom stereocenters. The lowest BCUT2D eigenvalue weighted by Gasteiger charge is -2.13. The zero-order valence-corrected chi connectivity index (χ0v) is 18.8. The third-order valence-corrected chi connectivity index (χ3v) is 7.39. The van der Waals surface area contributed by atoms with Crippen LogP contribution in [0, 0.1) is 0 Å². The highest BCUT2D eigenvalue weighted by molar-refractivity contribution is 7.90. The van der Waals surface area contributed by atoms with E-state index in [2.05, 4.69) is 0 Å². The monoisotopic (exact) mass is 487 g/mol. The Labute approximate surface area is 194 Å². The Morgan fingerprint density at radius 1 is 0.912 bits per heavy atom. The SMILES string of the molecule is CCc1ccc(S(=O)(=O)n2c(Cc3ccc(C(=O)O)cc3)cc3cc(C(F)(F)F)ccc32)cc1. The van der Waals surface area contributed by atoms with Crippen molar-refractivity contribution in [2.75, 3.05) is 0 Å². The van der Waals surface area contributed by atoms with Gasteiger partial charge in [-0.15, -0.1) is 0 Å². The van der Waals surface area contributed by atoms with E-state index in [1.165, 1.54) is 30.3 Å². The first kappa shape index (κ1) is 23.6. The van der Waals surface area contributed by atoms with Crippen LogP contribution in [0.3, 0.4) is 0 Å². The second kappa shape index (κ2) is 8.64. The van der Waals surface area contributed by atoms with Gasteiger partial charge in [0.2, 0.25) is 0 Å². The first-order valence-electron chi connectivity index (χ1n) is 10.4. The fourth-order valence-electron chi connectivity index (χ4n) is 3.81. The second-order valence-corrected chi connectivity index (χ2v) is 9.64. The normalized spacial score (nSPS) is 12.2. The maximum atomic E-state index is 13.6. The summed E-state index contributed by atoms with van der Waals surface area (Å²) in [5, 5.41) is 9.23. The smallest absolute Gasteiger partial charge is 0.416 e. The number of hydrogen-bond acceptors (Lipinski definition) is 3. The minimum absolute atomic E-state index is 0.0181. The number of carboxylic acids is 1. The number of carboxylic acid groups (broad SMARTS) is 1. The van der Waals surface area contributed by atoms with Crippen molar-refractivity contribution in [2.24, 2.45) is 0 Å². The molecule has 0 amide bonds. The number of hydrogen-bond donors (Lipinski definition) is 1. The zero-order valence-electron chi connectivity index (χ0n) is 18.0. The molecule has 0 fully saturated rings. The fourth-order valence-corrected chi connectivity index (χ4v) is 5.35. The molecule has 0 bridgehead atoms. The van der Waals surface area contributed by atoms with Crippen molar-refractivity contribution in [2.45, 2.75) is 30.8 Å². The summed E-state index contributed by atoms with van der Waals surface area (Å²) >= 11 is 0. The molecule has 0 saturated heterocycles. The molecule has 9 heteroatoms. The van der Waals surface area contributed by atoms with Crippen LogP contribution in [0.25, 0.3) is 10.9 Å². The number of aryl methyl sites for hydroxylation is 1. The van der Waals surface area contributed by atoms with Crippen LogP contribution >= 0.6 is 0 Å². The van der Waals surface area contributed by atoms with Crippen LogP contribution in [-0.2, 0) is 29.0 Å². The van der Waals surface area contributed by atoms with Crippen LogP contribution in [0.5, 0.6) is 0 Å². The van der Waals surface area contributed by atoms with Crippen molar-refractivity contribution in [3.8, 4) is 0 Å². The highest BCUT2D eigenvalue weighted by Gasteiger charge is 2.32. The average molecular weight is 487 g/mol. The molecule has 4 rings (SSSR count). The Morgan fingerprint density at radius 2 is 1.53 bits per heavy atom. The number of nitrogens with zero attached hydrogens (tertiary/aromatic N) is 1. The molecule has 1 N–H and O–H groups in total. The molecule has 34 heavy (non-hydrogen) atoms. The Kier molecular flexibility index (Phi) is 5.99. The first-order chi connectivity index (χ1) is 16.0. The van der Waals surface area contributed by atoms with Crippen LogP contribution < -0.4 is 0 Å². The summed E-state index contributed by atoms with van der Waals surface area (Å²) in [5.74, 6) is -1.10. The van der Waals surface area contributed by atoms with E-state index in [1.54, 1.807) is 24.3 Å². The Morgan fingerprint density at radius 3 is 2.09 bits per heavy atom. The topological polar surface area (TPSA) is 76.4 Å². The Bertz CT molecular complexity index is 1470. The second-order valence-electron chi connectivity index (χ2n) is 7.85. The predicted molar refractivity (Wildman–Crippen MR) is 122 cm³/mol. The number of aromatic nitrogens is 1. The van der Waals surface area contributed by atoms with Gasteiger partial charge in [-0.05, 0) is 66.1 Å². The van der Waals surface area contributed by atoms with E-state index in [1.807, 2.05) is 6.92 Å². The van der Waals surface area contributed by atoms with Gasteiger partial charge in [0.05, 0.1) is 21.5 Å². The van der Waals surface area contributed by atoms with Gasteiger partial charge >= 0.3 is 12.1 Å². The third kappa shape index (κ3) is 4.43. The molecule has 1 aromatic heterocycles. The molecule has 176 valence electrons. The summed E-state index contributed by atoms with van der Waals surface area (Å²) in [6, 6.07) is 16.6. The molecule has 0 radical (unpaired) electrons. The highest BCUT2D eigenvalue weighted by atomic mass is 32.2. The van der Waals surface area contributed by atoms with E-state index in [0.717, 1.165) is 34.2 Å². The van der Waals surface area contributed by atoms with Gasteiger partial charge < -0.3 is 5.11 Å². The summed E-state index contributed by atoms with van der Waals surface area (Å²) in [7, 11) is -4.13. The number of halogens is 3. The van der Waals surface area contributed by atoms with E-state index >= 15 is 0 Å².